The first-order chi connectivity index (χ1) is 14.6. The number of benzene rings is 3. The van der Waals surface area contributed by atoms with Crippen molar-refractivity contribution in [1.29, 1.82) is 0 Å². The van der Waals surface area contributed by atoms with Gasteiger partial charge in [-0.2, -0.15) is 4.80 Å². The molecule has 0 bridgehead atoms. The minimum atomic E-state index is -0.326. The summed E-state index contributed by atoms with van der Waals surface area (Å²) in [5.74, 6) is 0.909. The van der Waals surface area contributed by atoms with Crippen molar-refractivity contribution in [3.63, 3.8) is 0 Å². The second-order valence-corrected chi connectivity index (χ2v) is 6.86. The predicted molar refractivity (Wildman–Crippen MR) is 116 cm³/mol. The number of methoxy groups -OCH3 is 1. The molecule has 3 aromatic carbocycles. The topological polar surface area (TPSA) is 78.3 Å². The van der Waals surface area contributed by atoms with Gasteiger partial charge < -0.3 is 14.8 Å². The number of nitrogens with zero attached hydrogens (tertiary/aromatic N) is 3. The smallest absolute Gasteiger partial charge is 0.259 e. The second-order valence-electron chi connectivity index (χ2n) is 6.42. The Kier molecular flexibility index (Phi) is 5.54. The highest BCUT2D eigenvalue weighted by molar-refractivity contribution is 6.31. The van der Waals surface area contributed by atoms with Gasteiger partial charge in [0.2, 0.25) is 0 Å². The molecule has 0 radical (unpaired) electrons. The molecule has 1 N–H and O–H groups in total. The van der Waals surface area contributed by atoms with Crippen molar-refractivity contribution in [2.45, 2.75) is 6.92 Å². The first-order valence-corrected chi connectivity index (χ1v) is 9.70. The summed E-state index contributed by atoms with van der Waals surface area (Å²) in [6.07, 6.45) is 0. The average Bonchev–Trinajstić information content (AvgIpc) is 3.18. The lowest BCUT2D eigenvalue weighted by Crippen LogP contribution is -2.13. The lowest BCUT2D eigenvalue weighted by atomic mass is 10.1. The summed E-state index contributed by atoms with van der Waals surface area (Å²) in [6, 6.07) is 17.8. The van der Waals surface area contributed by atoms with E-state index in [0.717, 1.165) is 11.4 Å². The predicted octanol–water partition coefficient (Wildman–Crippen LogP) is 4.73. The molecule has 8 heteroatoms. The maximum Gasteiger partial charge on any atom is 0.259 e. The van der Waals surface area contributed by atoms with E-state index < -0.39 is 0 Å². The summed E-state index contributed by atoms with van der Waals surface area (Å²) in [5, 5.41) is 12.3. The molecule has 4 aromatic rings. The van der Waals surface area contributed by atoms with E-state index in [1.807, 2.05) is 31.2 Å². The summed E-state index contributed by atoms with van der Waals surface area (Å²) in [7, 11) is 1.51. The Balaban J connectivity index is 1.58. The molecule has 0 aliphatic carbocycles. The van der Waals surface area contributed by atoms with E-state index >= 15 is 0 Å². The van der Waals surface area contributed by atoms with Crippen LogP contribution < -0.4 is 14.8 Å². The van der Waals surface area contributed by atoms with Crippen LogP contribution in [0.15, 0.2) is 60.7 Å². The average molecular weight is 423 g/mol. The van der Waals surface area contributed by atoms with Crippen LogP contribution in [0.1, 0.15) is 17.3 Å². The van der Waals surface area contributed by atoms with Crippen LogP contribution in [0.4, 0.5) is 5.69 Å². The van der Waals surface area contributed by atoms with Crippen molar-refractivity contribution in [2.75, 3.05) is 19.0 Å². The van der Waals surface area contributed by atoms with Crippen LogP contribution in [-0.4, -0.2) is 34.6 Å². The van der Waals surface area contributed by atoms with Crippen LogP contribution in [0, 0.1) is 0 Å². The fraction of sp³-hybridized carbons (Fsp3) is 0.136. The van der Waals surface area contributed by atoms with Gasteiger partial charge in [-0.25, -0.2) is 0 Å². The molecule has 0 atom stereocenters. The van der Waals surface area contributed by atoms with E-state index in [1.54, 1.807) is 41.2 Å². The number of rotatable bonds is 6. The minimum absolute atomic E-state index is 0.326. The number of carbonyl (C=O) groups is 1. The van der Waals surface area contributed by atoms with Gasteiger partial charge in [-0.3, -0.25) is 4.79 Å². The number of halogens is 1. The minimum Gasteiger partial charge on any atom is -0.496 e. The molecule has 4 rings (SSSR count). The zero-order valence-corrected chi connectivity index (χ0v) is 17.2. The third-order valence-electron chi connectivity index (χ3n) is 4.42. The van der Waals surface area contributed by atoms with Crippen molar-refractivity contribution in [2.24, 2.45) is 0 Å². The molecule has 1 aromatic heterocycles. The normalized spacial score (nSPS) is 10.8. The molecule has 30 heavy (non-hydrogen) atoms. The molecule has 1 heterocycles. The van der Waals surface area contributed by atoms with Crippen molar-refractivity contribution in [3.8, 4) is 17.2 Å². The summed E-state index contributed by atoms with van der Waals surface area (Å²) in [4.78, 5) is 14.2. The fourth-order valence-corrected chi connectivity index (χ4v) is 3.18. The van der Waals surface area contributed by atoms with Gasteiger partial charge in [-0.05, 0) is 67.6 Å². The third-order valence-corrected chi connectivity index (χ3v) is 4.66. The highest BCUT2D eigenvalue weighted by Crippen LogP contribution is 2.25. The van der Waals surface area contributed by atoms with Crippen LogP contribution >= 0.6 is 11.6 Å². The number of aromatic nitrogens is 3. The van der Waals surface area contributed by atoms with Crippen molar-refractivity contribution in [1.82, 2.24) is 15.0 Å². The molecule has 7 nitrogen and oxygen atoms in total. The van der Waals surface area contributed by atoms with Crippen LogP contribution in [0.5, 0.6) is 11.5 Å². The van der Waals surface area contributed by atoms with Gasteiger partial charge in [0.05, 0.1) is 25.0 Å². The van der Waals surface area contributed by atoms with Gasteiger partial charge in [0.1, 0.15) is 22.5 Å². The SMILES string of the molecule is CCOc1ccc(-n2nc3ccc(NC(=O)c4cc(Cl)ccc4OC)cc3n2)cc1. The number of nitrogens with one attached hydrogen (secondary N) is 1. The first kappa shape index (κ1) is 19.7. The maximum atomic E-state index is 12.7. The maximum absolute atomic E-state index is 12.7. The molecule has 152 valence electrons. The van der Waals surface area contributed by atoms with Crippen LogP contribution in [0.25, 0.3) is 16.7 Å². The molecular weight excluding hydrogens is 404 g/mol. The standard InChI is InChI=1S/C22H19ClN4O3/c1-3-30-17-8-6-16(7-9-17)27-25-19-10-5-15(13-20(19)26-27)24-22(28)18-12-14(23)4-11-21(18)29-2/h4-13H,3H2,1-2H3,(H,24,28). The highest BCUT2D eigenvalue weighted by Gasteiger charge is 2.14. The summed E-state index contributed by atoms with van der Waals surface area (Å²) in [5.41, 5.74) is 3.11. The van der Waals surface area contributed by atoms with Gasteiger partial charge in [0.25, 0.3) is 5.91 Å². The fourth-order valence-electron chi connectivity index (χ4n) is 3.01. The molecule has 0 unspecified atom stereocenters. The van der Waals surface area contributed by atoms with Crippen LogP contribution in [0.2, 0.25) is 5.02 Å². The van der Waals surface area contributed by atoms with E-state index in [4.69, 9.17) is 21.1 Å². The number of carbonyl (C=O) groups excluding carboxylic acids is 1. The van der Waals surface area contributed by atoms with Gasteiger partial charge in [-0.1, -0.05) is 11.6 Å². The largest absolute Gasteiger partial charge is 0.496 e. The van der Waals surface area contributed by atoms with E-state index in [-0.39, 0.29) is 5.91 Å². The molecule has 0 aliphatic rings. The Labute approximate surface area is 178 Å². The van der Waals surface area contributed by atoms with E-state index in [0.29, 0.717) is 39.7 Å². The van der Waals surface area contributed by atoms with Crippen molar-refractivity contribution >= 4 is 34.2 Å². The third kappa shape index (κ3) is 4.06. The Hall–Kier alpha value is -3.58. The summed E-state index contributed by atoms with van der Waals surface area (Å²) >= 11 is 6.02. The van der Waals surface area contributed by atoms with Gasteiger partial charge in [0.15, 0.2) is 0 Å². The Morgan fingerprint density at radius 2 is 1.80 bits per heavy atom. The molecule has 0 aliphatic heterocycles. The zero-order valence-electron chi connectivity index (χ0n) is 16.4. The highest BCUT2D eigenvalue weighted by atomic mass is 35.5. The Bertz CT molecular complexity index is 1200. The lowest BCUT2D eigenvalue weighted by Gasteiger charge is -2.09. The second kappa shape index (κ2) is 8.42. The van der Waals surface area contributed by atoms with Gasteiger partial charge >= 0.3 is 0 Å². The van der Waals surface area contributed by atoms with Gasteiger partial charge in [0, 0.05) is 10.7 Å². The lowest BCUT2D eigenvalue weighted by molar-refractivity contribution is 0.102. The number of hydrogen-bond donors (Lipinski definition) is 1. The monoisotopic (exact) mass is 422 g/mol. The Morgan fingerprint density at radius 1 is 1.03 bits per heavy atom. The number of anilines is 1. The van der Waals surface area contributed by atoms with Crippen LogP contribution in [-0.2, 0) is 0 Å². The number of amides is 1. The van der Waals surface area contributed by atoms with Crippen molar-refractivity contribution < 1.29 is 14.3 Å². The van der Waals surface area contributed by atoms with Gasteiger partial charge in [-0.15, -0.1) is 10.2 Å². The Morgan fingerprint density at radius 3 is 2.53 bits per heavy atom. The molecule has 0 saturated heterocycles. The summed E-state index contributed by atoms with van der Waals surface area (Å²) in [6.45, 7) is 2.55. The van der Waals surface area contributed by atoms with Crippen LogP contribution in [0.3, 0.4) is 0 Å². The first-order valence-electron chi connectivity index (χ1n) is 9.32. The quantitative estimate of drug-likeness (QED) is 0.485. The molecule has 0 fully saturated rings. The van der Waals surface area contributed by atoms with Crippen molar-refractivity contribution in [3.05, 3.63) is 71.2 Å². The molecular formula is C22H19ClN4O3. The van der Waals surface area contributed by atoms with E-state index in [2.05, 4.69) is 15.5 Å². The molecule has 1 amide bonds. The zero-order chi connectivity index (χ0) is 21.1. The van der Waals surface area contributed by atoms with E-state index in [1.165, 1.54) is 7.11 Å². The molecule has 0 spiro atoms. The number of fused-ring (bicyclic) bond motifs is 1. The van der Waals surface area contributed by atoms with E-state index in [9.17, 15) is 4.79 Å². The summed E-state index contributed by atoms with van der Waals surface area (Å²) < 4.78 is 10.7. The molecule has 0 saturated carbocycles. The number of hydrogen-bond acceptors (Lipinski definition) is 5. The number of ether oxygens (including phenoxy) is 2.